The van der Waals surface area contributed by atoms with Crippen LogP contribution < -0.4 is 11.1 Å². The zero-order valence-electron chi connectivity index (χ0n) is 8.60. The molecule has 0 radical (unpaired) electrons. The van der Waals surface area contributed by atoms with Gasteiger partial charge in [0.05, 0.1) is 0 Å². The van der Waals surface area contributed by atoms with Gasteiger partial charge in [0.1, 0.15) is 5.82 Å². The van der Waals surface area contributed by atoms with E-state index < -0.39 is 0 Å². The van der Waals surface area contributed by atoms with Gasteiger partial charge < -0.3 is 11.1 Å². The summed E-state index contributed by atoms with van der Waals surface area (Å²) in [5, 5.41) is 3.71. The largest absolute Gasteiger partial charge is 0.330 e. The molecule has 0 unspecified atom stereocenters. The maximum Gasteiger partial charge on any atom is 0.124 e. The van der Waals surface area contributed by atoms with Crippen molar-refractivity contribution < 1.29 is 4.39 Å². The highest BCUT2D eigenvalue weighted by Crippen LogP contribution is 2.16. The van der Waals surface area contributed by atoms with Gasteiger partial charge >= 0.3 is 0 Å². The maximum atomic E-state index is 12.7. The lowest BCUT2D eigenvalue weighted by Crippen LogP contribution is -2.16. The number of hydrogen-bond donors (Lipinski definition) is 2. The Kier molecular flexibility index (Phi) is 5.61. The molecule has 1 aromatic carbocycles. The van der Waals surface area contributed by atoms with Crippen LogP contribution >= 0.6 is 11.6 Å². The molecule has 0 aliphatic heterocycles. The Labute approximate surface area is 94.6 Å². The third-order valence-corrected chi connectivity index (χ3v) is 2.49. The second-order valence-corrected chi connectivity index (χ2v) is 3.82. The van der Waals surface area contributed by atoms with E-state index in [9.17, 15) is 4.39 Å². The fourth-order valence-corrected chi connectivity index (χ4v) is 1.52. The van der Waals surface area contributed by atoms with E-state index in [0.29, 0.717) is 11.6 Å². The molecule has 0 saturated heterocycles. The molecule has 0 fully saturated rings. The van der Waals surface area contributed by atoms with E-state index >= 15 is 0 Å². The minimum Gasteiger partial charge on any atom is -0.330 e. The van der Waals surface area contributed by atoms with Crippen molar-refractivity contribution in [2.24, 2.45) is 5.73 Å². The monoisotopic (exact) mass is 230 g/mol. The van der Waals surface area contributed by atoms with Crippen LogP contribution in [0.4, 0.5) is 4.39 Å². The molecule has 15 heavy (non-hydrogen) atoms. The average Bonchev–Trinajstić information content (AvgIpc) is 2.20. The fraction of sp³-hybridized carbons (Fsp3) is 0.455. The highest BCUT2D eigenvalue weighted by Gasteiger charge is 2.00. The molecule has 0 aliphatic rings. The number of hydrogen-bond acceptors (Lipinski definition) is 2. The van der Waals surface area contributed by atoms with Crippen LogP contribution in [0.25, 0.3) is 0 Å². The van der Waals surface area contributed by atoms with Crippen LogP contribution in [-0.2, 0) is 6.54 Å². The van der Waals surface area contributed by atoms with Crippen molar-refractivity contribution in [3.8, 4) is 0 Å². The average molecular weight is 231 g/mol. The number of nitrogens with two attached hydrogens (primary N) is 1. The molecule has 0 atom stereocenters. The van der Waals surface area contributed by atoms with Gasteiger partial charge in [-0.1, -0.05) is 17.7 Å². The van der Waals surface area contributed by atoms with Gasteiger partial charge in [0.2, 0.25) is 0 Å². The van der Waals surface area contributed by atoms with E-state index in [1.165, 1.54) is 12.1 Å². The van der Waals surface area contributed by atoms with Crippen molar-refractivity contribution in [3.05, 3.63) is 34.6 Å². The van der Waals surface area contributed by atoms with Crippen molar-refractivity contribution >= 4 is 11.6 Å². The number of rotatable bonds is 6. The lowest BCUT2D eigenvalue weighted by atomic mass is 10.2. The standard InChI is InChI=1S/C11H16ClFN2/c12-11-7-10(13)4-3-9(11)8-15-6-2-1-5-14/h3-4,7,15H,1-2,5-6,8,14H2. The summed E-state index contributed by atoms with van der Waals surface area (Å²) >= 11 is 5.87. The molecule has 0 spiro atoms. The number of unbranched alkanes of at least 4 members (excludes halogenated alkanes) is 1. The molecular weight excluding hydrogens is 215 g/mol. The van der Waals surface area contributed by atoms with Gasteiger partial charge in [0.15, 0.2) is 0 Å². The molecule has 3 N–H and O–H groups in total. The summed E-state index contributed by atoms with van der Waals surface area (Å²) in [6.07, 6.45) is 2.07. The van der Waals surface area contributed by atoms with E-state index in [0.717, 1.165) is 31.5 Å². The zero-order valence-corrected chi connectivity index (χ0v) is 9.36. The van der Waals surface area contributed by atoms with Crippen molar-refractivity contribution in [1.82, 2.24) is 5.32 Å². The third kappa shape index (κ3) is 4.60. The highest BCUT2D eigenvalue weighted by molar-refractivity contribution is 6.31. The van der Waals surface area contributed by atoms with E-state index in [-0.39, 0.29) is 5.82 Å². The van der Waals surface area contributed by atoms with E-state index in [2.05, 4.69) is 5.32 Å². The Morgan fingerprint density at radius 3 is 2.80 bits per heavy atom. The van der Waals surface area contributed by atoms with Crippen LogP contribution in [0.1, 0.15) is 18.4 Å². The summed E-state index contributed by atoms with van der Waals surface area (Å²) in [6.45, 7) is 2.30. The first-order valence-electron chi connectivity index (χ1n) is 5.08. The Morgan fingerprint density at radius 2 is 2.13 bits per heavy atom. The molecule has 0 heterocycles. The van der Waals surface area contributed by atoms with Gasteiger partial charge in [-0.05, 0) is 43.6 Å². The molecule has 1 aromatic rings. The van der Waals surface area contributed by atoms with Crippen LogP contribution in [0.2, 0.25) is 5.02 Å². The maximum absolute atomic E-state index is 12.7. The highest BCUT2D eigenvalue weighted by atomic mass is 35.5. The summed E-state index contributed by atoms with van der Waals surface area (Å²) in [5.41, 5.74) is 6.29. The Bertz CT molecular complexity index is 305. The molecule has 0 bridgehead atoms. The minimum absolute atomic E-state index is 0.299. The van der Waals surface area contributed by atoms with E-state index in [1.807, 2.05) is 0 Å². The van der Waals surface area contributed by atoms with Crippen LogP contribution in [0.3, 0.4) is 0 Å². The third-order valence-electron chi connectivity index (χ3n) is 2.14. The summed E-state index contributed by atoms with van der Waals surface area (Å²) in [7, 11) is 0. The smallest absolute Gasteiger partial charge is 0.124 e. The second kappa shape index (κ2) is 6.77. The lowest BCUT2D eigenvalue weighted by molar-refractivity contribution is 0.617. The molecule has 0 aromatic heterocycles. The van der Waals surface area contributed by atoms with Crippen LogP contribution in [0.15, 0.2) is 18.2 Å². The lowest BCUT2D eigenvalue weighted by Gasteiger charge is -2.06. The number of benzene rings is 1. The summed E-state index contributed by atoms with van der Waals surface area (Å²) < 4.78 is 12.7. The molecule has 2 nitrogen and oxygen atoms in total. The van der Waals surface area contributed by atoms with Crippen molar-refractivity contribution in [2.45, 2.75) is 19.4 Å². The first-order valence-corrected chi connectivity index (χ1v) is 5.46. The predicted octanol–water partition coefficient (Wildman–Crippen LogP) is 2.31. The van der Waals surface area contributed by atoms with Gasteiger partial charge in [0.25, 0.3) is 0 Å². The predicted molar refractivity (Wildman–Crippen MR) is 61.4 cm³/mol. The first-order chi connectivity index (χ1) is 7.24. The van der Waals surface area contributed by atoms with Crippen LogP contribution in [-0.4, -0.2) is 13.1 Å². The summed E-state index contributed by atoms with van der Waals surface area (Å²) in [5.74, 6) is -0.299. The van der Waals surface area contributed by atoms with E-state index in [1.54, 1.807) is 6.07 Å². The Morgan fingerprint density at radius 1 is 1.33 bits per heavy atom. The molecule has 0 saturated carbocycles. The fourth-order valence-electron chi connectivity index (χ4n) is 1.28. The van der Waals surface area contributed by atoms with Crippen molar-refractivity contribution in [1.29, 1.82) is 0 Å². The molecule has 4 heteroatoms. The van der Waals surface area contributed by atoms with Gasteiger partial charge in [-0.2, -0.15) is 0 Å². The zero-order chi connectivity index (χ0) is 11.1. The molecular formula is C11H16ClFN2. The van der Waals surface area contributed by atoms with Crippen LogP contribution in [0, 0.1) is 5.82 Å². The molecule has 84 valence electrons. The van der Waals surface area contributed by atoms with Gasteiger partial charge in [-0.3, -0.25) is 0 Å². The SMILES string of the molecule is NCCCCNCc1ccc(F)cc1Cl. The number of nitrogens with one attached hydrogen (secondary N) is 1. The van der Waals surface area contributed by atoms with Gasteiger partial charge in [-0.25, -0.2) is 4.39 Å². The second-order valence-electron chi connectivity index (χ2n) is 3.41. The molecule has 1 rings (SSSR count). The quantitative estimate of drug-likeness (QED) is 0.736. The van der Waals surface area contributed by atoms with Gasteiger partial charge in [0, 0.05) is 11.6 Å². The Balaban J connectivity index is 2.31. The Hall–Kier alpha value is -0.640. The minimum atomic E-state index is -0.299. The topological polar surface area (TPSA) is 38.0 Å². The molecule has 0 aliphatic carbocycles. The van der Waals surface area contributed by atoms with Crippen LogP contribution in [0.5, 0.6) is 0 Å². The first kappa shape index (κ1) is 12.4. The van der Waals surface area contributed by atoms with Gasteiger partial charge in [-0.15, -0.1) is 0 Å². The normalized spacial score (nSPS) is 10.6. The number of halogens is 2. The van der Waals surface area contributed by atoms with E-state index in [4.69, 9.17) is 17.3 Å². The summed E-state index contributed by atoms with van der Waals surface area (Å²) in [4.78, 5) is 0. The molecule has 0 amide bonds. The van der Waals surface area contributed by atoms with Crippen molar-refractivity contribution in [2.75, 3.05) is 13.1 Å². The summed E-state index contributed by atoms with van der Waals surface area (Å²) in [6, 6.07) is 4.45. The van der Waals surface area contributed by atoms with Crippen molar-refractivity contribution in [3.63, 3.8) is 0 Å².